The molecule has 1 amide bonds. The molecule has 3 N–H and O–H groups in total. The normalized spacial score (nSPS) is 16.3. The lowest BCUT2D eigenvalue weighted by Gasteiger charge is -2.14. The molecule has 1 saturated carbocycles. The van der Waals surface area contributed by atoms with E-state index in [-0.39, 0.29) is 13.0 Å². The number of hydrogen-bond acceptors (Lipinski definition) is 3. The van der Waals surface area contributed by atoms with Gasteiger partial charge in [0.1, 0.15) is 11.7 Å². The van der Waals surface area contributed by atoms with Gasteiger partial charge < -0.3 is 20.1 Å². The zero-order valence-corrected chi connectivity index (χ0v) is 9.87. The molecule has 1 atom stereocenters. The Kier molecular flexibility index (Phi) is 3.66. The molecule has 18 heavy (non-hydrogen) atoms. The minimum atomic E-state index is -1.14. The Morgan fingerprint density at radius 3 is 2.78 bits per heavy atom. The van der Waals surface area contributed by atoms with Gasteiger partial charge in [-0.25, -0.2) is 4.79 Å². The summed E-state index contributed by atoms with van der Waals surface area (Å²) in [6.07, 6.45) is 3.93. The maximum Gasteiger partial charge on any atom is 0.326 e. The van der Waals surface area contributed by atoms with Gasteiger partial charge in [0.2, 0.25) is 0 Å². The van der Waals surface area contributed by atoms with E-state index in [1.54, 1.807) is 12.1 Å². The number of carboxylic acids is 1. The largest absolute Gasteiger partial charge is 0.480 e. The molecule has 0 saturated heterocycles. The molecule has 1 heterocycles. The predicted molar refractivity (Wildman–Crippen MR) is 63.3 cm³/mol. The Hall–Kier alpha value is -1.82. The van der Waals surface area contributed by atoms with E-state index in [0.717, 1.165) is 12.8 Å². The van der Waals surface area contributed by atoms with E-state index >= 15 is 0 Å². The Morgan fingerprint density at radius 2 is 2.22 bits per heavy atom. The lowest BCUT2D eigenvalue weighted by Crippen LogP contribution is -2.42. The molecular weight excluding hydrogens is 236 g/mol. The van der Waals surface area contributed by atoms with Gasteiger partial charge in [-0.15, -0.1) is 0 Å². The quantitative estimate of drug-likeness (QED) is 0.683. The number of carbonyl (C=O) groups is 2. The lowest BCUT2D eigenvalue weighted by molar-refractivity contribution is -0.139. The van der Waals surface area contributed by atoms with Crippen molar-refractivity contribution in [2.75, 3.05) is 6.61 Å². The highest BCUT2D eigenvalue weighted by atomic mass is 16.4. The highest BCUT2D eigenvalue weighted by molar-refractivity contribution is 5.95. The summed E-state index contributed by atoms with van der Waals surface area (Å²) in [7, 11) is 0. The fourth-order valence-corrected chi connectivity index (χ4v) is 1.88. The summed E-state index contributed by atoms with van der Waals surface area (Å²) < 4.78 is 1.87. The molecule has 0 bridgehead atoms. The van der Waals surface area contributed by atoms with Crippen LogP contribution >= 0.6 is 0 Å². The molecule has 1 aliphatic rings. The number of aliphatic hydroxyl groups is 1. The zero-order valence-electron chi connectivity index (χ0n) is 9.87. The smallest absolute Gasteiger partial charge is 0.326 e. The second-order valence-corrected chi connectivity index (χ2v) is 4.41. The van der Waals surface area contributed by atoms with Crippen molar-refractivity contribution in [3.05, 3.63) is 24.0 Å². The fraction of sp³-hybridized carbons (Fsp3) is 0.500. The average Bonchev–Trinajstić information content (AvgIpc) is 3.06. The minimum Gasteiger partial charge on any atom is -0.480 e. The number of aliphatic hydroxyl groups excluding tert-OH is 1. The third-order valence-electron chi connectivity index (χ3n) is 2.97. The van der Waals surface area contributed by atoms with E-state index in [1.165, 1.54) is 0 Å². The molecule has 1 fully saturated rings. The Morgan fingerprint density at radius 1 is 1.50 bits per heavy atom. The third kappa shape index (κ3) is 2.70. The van der Waals surface area contributed by atoms with E-state index in [0.29, 0.717) is 11.7 Å². The minimum absolute atomic E-state index is 0.00517. The van der Waals surface area contributed by atoms with Gasteiger partial charge in [-0.2, -0.15) is 0 Å². The van der Waals surface area contributed by atoms with E-state index in [4.69, 9.17) is 10.2 Å². The maximum atomic E-state index is 12.0. The first-order valence-electron chi connectivity index (χ1n) is 5.95. The van der Waals surface area contributed by atoms with Crippen LogP contribution in [-0.2, 0) is 4.79 Å². The summed E-state index contributed by atoms with van der Waals surface area (Å²) in [5.74, 6) is -1.55. The van der Waals surface area contributed by atoms with Gasteiger partial charge in [0.15, 0.2) is 0 Å². The van der Waals surface area contributed by atoms with Crippen LogP contribution in [0.3, 0.4) is 0 Å². The summed E-state index contributed by atoms with van der Waals surface area (Å²) in [6.45, 7) is -0.277. The Balaban J connectivity index is 2.05. The molecule has 0 spiro atoms. The van der Waals surface area contributed by atoms with Gasteiger partial charge in [0.25, 0.3) is 5.91 Å². The molecule has 0 aliphatic heterocycles. The van der Waals surface area contributed by atoms with Crippen molar-refractivity contribution in [3.8, 4) is 0 Å². The van der Waals surface area contributed by atoms with E-state index in [1.807, 2.05) is 10.8 Å². The van der Waals surface area contributed by atoms with Crippen LogP contribution in [0.4, 0.5) is 0 Å². The molecule has 0 radical (unpaired) electrons. The molecule has 1 aromatic rings. The maximum absolute atomic E-state index is 12.0. The van der Waals surface area contributed by atoms with E-state index < -0.39 is 17.9 Å². The first-order valence-corrected chi connectivity index (χ1v) is 5.95. The lowest BCUT2D eigenvalue weighted by atomic mass is 10.2. The molecule has 2 rings (SSSR count). The van der Waals surface area contributed by atoms with Crippen LogP contribution in [0.1, 0.15) is 35.8 Å². The van der Waals surface area contributed by atoms with Crippen molar-refractivity contribution < 1.29 is 19.8 Å². The van der Waals surface area contributed by atoms with Gasteiger partial charge in [0, 0.05) is 25.3 Å². The van der Waals surface area contributed by atoms with Gasteiger partial charge >= 0.3 is 5.97 Å². The molecule has 1 aromatic heterocycles. The second-order valence-electron chi connectivity index (χ2n) is 4.41. The zero-order chi connectivity index (χ0) is 13.1. The molecule has 1 unspecified atom stereocenters. The molecule has 6 nitrogen and oxygen atoms in total. The van der Waals surface area contributed by atoms with Crippen LogP contribution in [0.25, 0.3) is 0 Å². The molecular formula is C12H16N2O4. The van der Waals surface area contributed by atoms with Gasteiger partial charge in [-0.3, -0.25) is 4.79 Å². The van der Waals surface area contributed by atoms with Crippen LogP contribution in [0, 0.1) is 0 Å². The van der Waals surface area contributed by atoms with E-state index in [2.05, 4.69) is 5.32 Å². The van der Waals surface area contributed by atoms with Crippen LogP contribution in [-0.4, -0.2) is 39.3 Å². The number of amides is 1. The van der Waals surface area contributed by atoms with Gasteiger partial charge in [-0.05, 0) is 25.0 Å². The van der Waals surface area contributed by atoms with Crippen LogP contribution in [0.5, 0.6) is 0 Å². The molecule has 98 valence electrons. The number of carbonyl (C=O) groups excluding carboxylic acids is 1. The summed E-state index contributed by atoms with van der Waals surface area (Å²) in [6, 6.07) is 2.76. The van der Waals surface area contributed by atoms with Crippen molar-refractivity contribution in [1.82, 2.24) is 9.88 Å². The average molecular weight is 252 g/mol. The van der Waals surface area contributed by atoms with Crippen LogP contribution < -0.4 is 5.32 Å². The standard InChI is InChI=1S/C12H16N2O4/c15-7-5-9(12(17)18)13-11(16)10-2-1-6-14(10)8-3-4-8/h1-2,6,8-9,15H,3-5,7H2,(H,13,16)(H,17,18). The molecule has 1 aliphatic carbocycles. The first kappa shape index (κ1) is 12.6. The van der Waals surface area contributed by atoms with Gasteiger partial charge in [0.05, 0.1) is 0 Å². The topological polar surface area (TPSA) is 91.6 Å². The van der Waals surface area contributed by atoms with Crippen molar-refractivity contribution in [3.63, 3.8) is 0 Å². The molecule has 6 heteroatoms. The van der Waals surface area contributed by atoms with Crippen LogP contribution in [0.15, 0.2) is 18.3 Å². The number of aromatic nitrogens is 1. The van der Waals surface area contributed by atoms with Crippen molar-refractivity contribution >= 4 is 11.9 Å². The number of hydrogen-bond donors (Lipinski definition) is 3. The Bertz CT molecular complexity index is 451. The fourth-order valence-electron chi connectivity index (χ4n) is 1.88. The third-order valence-corrected chi connectivity index (χ3v) is 2.97. The first-order chi connectivity index (χ1) is 8.63. The Labute approximate surface area is 104 Å². The summed E-state index contributed by atoms with van der Waals surface area (Å²) >= 11 is 0. The summed E-state index contributed by atoms with van der Waals surface area (Å²) in [5.41, 5.74) is 0.474. The van der Waals surface area contributed by atoms with Crippen molar-refractivity contribution in [2.45, 2.75) is 31.3 Å². The number of nitrogens with zero attached hydrogens (tertiary/aromatic N) is 1. The second kappa shape index (κ2) is 5.22. The number of aliphatic carboxylic acids is 1. The number of rotatable bonds is 6. The van der Waals surface area contributed by atoms with E-state index in [9.17, 15) is 9.59 Å². The van der Waals surface area contributed by atoms with Crippen molar-refractivity contribution in [1.29, 1.82) is 0 Å². The summed E-state index contributed by atoms with van der Waals surface area (Å²) in [4.78, 5) is 22.9. The highest BCUT2D eigenvalue weighted by Crippen LogP contribution is 2.35. The number of nitrogens with one attached hydrogen (secondary N) is 1. The van der Waals surface area contributed by atoms with Crippen LogP contribution in [0.2, 0.25) is 0 Å². The predicted octanol–water partition coefficient (Wildman–Crippen LogP) is 0.388. The molecule has 0 aromatic carbocycles. The monoisotopic (exact) mass is 252 g/mol. The highest BCUT2D eigenvalue weighted by Gasteiger charge is 2.28. The summed E-state index contributed by atoms with van der Waals surface area (Å²) in [5, 5.41) is 20.1. The van der Waals surface area contributed by atoms with Crippen molar-refractivity contribution in [2.24, 2.45) is 0 Å². The number of carboxylic acid groups (broad SMARTS) is 1. The SMILES string of the molecule is O=C(NC(CCO)C(=O)O)c1cccn1C1CC1. The van der Waals surface area contributed by atoms with Gasteiger partial charge in [-0.1, -0.05) is 0 Å².